The Morgan fingerprint density at radius 1 is 0.364 bits per heavy atom. The standard InChI is InChI=1S/C49H94O6/c1-5-8-10-12-13-14-15-16-17-18-19-20-21-22-27-30-34-38-42-49(52)55-46(43-53-47(50)40-36-31-11-9-6-2)44-54-48(51)41-37-33-29-26-24-23-25-28-32-35-39-45(4)7-3/h45-46H,5-44H2,1-4H3/t45?,46-/m1/s1. The van der Waals surface area contributed by atoms with Crippen molar-refractivity contribution >= 4 is 17.9 Å². The highest BCUT2D eigenvalue weighted by Gasteiger charge is 2.19. The molecule has 0 aliphatic heterocycles. The molecule has 0 spiro atoms. The second-order valence-electron chi connectivity index (χ2n) is 17.0. The third-order valence-corrected chi connectivity index (χ3v) is 11.4. The summed E-state index contributed by atoms with van der Waals surface area (Å²) in [5.74, 6) is 0.00572. The van der Waals surface area contributed by atoms with Crippen molar-refractivity contribution in [2.45, 2.75) is 278 Å². The highest BCUT2D eigenvalue weighted by atomic mass is 16.6. The number of carbonyl (C=O) groups is 3. The SMILES string of the molecule is CCCCCCCCCCCCCCCCCCCCC(=O)O[C@H](COC(=O)CCCCCCC)COC(=O)CCCCCCCCCCCCC(C)CC. The van der Waals surface area contributed by atoms with E-state index in [-0.39, 0.29) is 31.1 Å². The Balaban J connectivity index is 4.14. The molecule has 0 fully saturated rings. The summed E-state index contributed by atoms with van der Waals surface area (Å²) in [7, 11) is 0. The summed E-state index contributed by atoms with van der Waals surface area (Å²) in [5.41, 5.74) is 0. The third-order valence-electron chi connectivity index (χ3n) is 11.4. The van der Waals surface area contributed by atoms with Gasteiger partial charge in [-0.15, -0.1) is 0 Å². The van der Waals surface area contributed by atoms with Crippen molar-refractivity contribution in [3.8, 4) is 0 Å². The molecule has 0 saturated carbocycles. The van der Waals surface area contributed by atoms with Gasteiger partial charge in [-0.1, -0.05) is 233 Å². The lowest BCUT2D eigenvalue weighted by Crippen LogP contribution is -2.30. The van der Waals surface area contributed by atoms with Crippen LogP contribution in [0.4, 0.5) is 0 Å². The predicted molar refractivity (Wildman–Crippen MR) is 233 cm³/mol. The second-order valence-corrected chi connectivity index (χ2v) is 17.0. The lowest BCUT2D eigenvalue weighted by atomic mass is 9.99. The number of carbonyl (C=O) groups excluding carboxylic acids is 3. The molecule has 0 N–H and O–H groups in total. The number of ether oxygens (including phenoxy) is 3. The summed E-state index contributed by atoms with van der Waals surface area (Å²) in [5, 5.41) is 0. The summed E-state index contributed by atoms with van der Waals surface area (Å²) in [6.07, 6.45) is 44.0. The molecule has 55 heavy (non-hydrogen) atoms. The highest BCUT2D eigenvalue weighted by molar-refractivity contribution is 5.71. The van der Waals surface area contributed by atoms with Crippen LogP contribution in [0.3, 0.4) is 0 Å². The zero-order chi connectivity index (χ0) is 40.3. The maximum absolute atomic E-state index is 12.7. The van der Waals surface area contributed by atoms with E-state index in [2.05, 4.69) is 27.7 Å². The first-order chi connectivity index (χ1) is 26.9. The number of rotatable bonds is 44. The first-order valence-corrected chi connectivity index (χ1v) is 24.4. The summed E-state index contributed by atoms with van der Waals surface area (Å²) in [6, 6.07) is 0. The first-order valence-electron chi connectivity index (χ1n) is 24.4. The fourth-order valence-electron chi connectivity index (χ4n) is 7.30. The minimum atomic E-state index is -0.758. The van der Waals surface area contributed by atoms with E-state index in [0.29, 0.717) is 19.3 Å². The molecule has 0 aliphatic rings. The molecule has 0 heterocycles. The highest BCUT2D eigenvalue weighted by Crippen LogP contribution is 2.17. The van der Waals surface area contributed by atoms with E-state index in [1.165, 1.54) is 161 Å². The Labute approximate surface area is 342 Å². The normalized spacial score (nSPS) is 12.4. The molecule has 0 radical (unpaired) electrons. The van der Waals surface area contributed by atoms with Gasteiger partial charge in [-0.05, 0) is 25.2 Å². The van der Waals surface area contributed by atoms with E-state index >= 15 is 0 Å². The van der Waals surface area contributed by atoms with Gasteiger partial charge in [0.15, 0.2) is 6.10 Å². The van der Waals surface area contributed by atoms with Gasteiger partial charge in [-0.25, -0.2) is 0 Å². The van der Waals surface area contributed by atoms with Crippen molar-refractivity contribution in [2.24, 2.45) is 5.92 Å². The molecular weight excluding hydrogens is 685 g/mol. The Hall–Kier alpha value is -1.59. The smallest absolute Gasteiger partial charge is 0.306 e. The van der Waals surface area contributed by atoms with Crippen LogP contribution < -0.4 is 0 Å². The average molecular weight is 779 g/mol. The van der Waals surface area contributed by atoms with Gasteiger partial charge in [0, 0.05) is 19.3 Å². The maximum Gasteiger partial charge on any atom is 0.306 e. The van der Waals surface area contributed by atoms with E-state index < -0.39 is 6.10 Å². The largest absolute Gasteiger partial charge is 0.462 e. The summed E-state index contributed by atoms with van der Waals surface area (Å²) < 4.78 is 16.7. The van der Waals surface area contributed by atoms with Crippen molar-refractivity contribution < 1.29 is 28.6 Å². The van der Waals surface area contributed by atoms with Crippen LogP contribution in [0.15, 0.2) is 0 Å². The van der Waals surface area contributed by atoms with Crippen molar-refractivity contribution in [1.29, 1.82) is 0 Å². The van der Waals surface area contributed by atoms with Crippen LogP contribution in [0.25, 0.3) is 0 Å². The van der Waals surface area contributed by atoms with Crippen LogP contribution in [0.2, 0.25) is 0 Å². The molecule has 0 aromatic carbocycles. The number of hydrogen-bond acceptors (Lipinski definition) is 6. The van der Waals surface area contributed by atoms with Crippen molar-refractivity contribution in [1.82, 2.24) is 0 Å². The van der Waals surface area contributed by atoms with Gasteiger partial charge < -0.3 is 14.2 Å². The Kier molecular flexibility index (Phi) is 42.3. The molecular formula is C49H94O6. The van der Waals surface area contributed by atoms with Crippen LogP contribution in [-0.2, 0) is 28.6 Å². The van der Waals surface area contributed by atoms with Gasteiger partial charge in [0.2, 0.25) is 0 Å². The fourth-order valence-corrected chi connectivity index (χ4v) is 7.30. The van der Waals surface area contributed by atoms with E-state index in [1.807, 2.05) is 0 Å². The molecule has 0 aromatic rings. The van der Waals surface area contributed by atoms with Gasteiger partial charge >= 0.3 is 17.9 Å². The van der Waals surface area contributed by atoms with Crippen molar-refractivity contribution in [3.05, 3.63) is 0 Å². The summed E-state index contributed by atoms with van der Waals surface area (Å²) in [6.45, 7) is 8.96. The zero-order valence-corrected chi connectivity index (χ0v) is 37.4. The fraction of sp³-hybridized carbons (Fsp3) is 0.939. The first kappa shape index (κ1) is 53.4. The Morgan fingerprint density at radius 3 is 0.945 bits per heavy atom. The predicted octanol–water partition coefficient (Wildman–Crippen LogP) is 15.5. The van der Waals surface area contributed by atoms with Crippen LogP contribution >= 0.6 is 0 Å². The molecule has 6 heteroatoms. The van der Waals surface area contributed by atoms with Gasteiger partial charge in [0.05, 0.1) is 0 Å². The minimum Gasteiger partial charge on any atom is -0.462 e. The number of esters is 3. The molecule has 0 amide bonds. The van der Waals surface area contributed by atoms with Gasteiger partial charge in [0.25, 0.3) is 0 Å². The second kappa shape index (κ2) is 43.5. The monoisotopic (exact) mass is 779 g/mol. The molecule has 1 unspecified atom stereocenters. The van der Waals surface area contributed by atoms with E-state index in [4.69, 9.17) is 14.2 Å². The summed E-state index contributed by atoms with van der Waals surface area (Å²) in [4.78, 5) is 37.6. The van der Waals surface area contributed by atoms with Gasteiger partial charge in [-0.2, -0.15) is 0 Å². The van der Waals surface area contributed by atoms with Crippen LogP contribution in [-0.4, -0.2) is 37.2 Å². The maximum atomic E-state index is 12.7. The Morgan fingerprint density at radius 2 is 0.636 bits per heavy atom. The molecule has 0 aromatic heterocycles. The molecule has 2 atom stereocenters. The summed E-state index contributed by atoms with van der Waals surface area (Å²) >= 11 is 0. The number of hydrogen-bond donors (Lipinski definition) is 0. The average Bonchev–Trinajstić information content (AvgIpc) is 3.18. The van der Waals surface area contributed by atoms with Crippen molar-refractivity contribution in [2.75, 3.05) is 13.2 Å². The van der Waals surface area contributed by atoms with Gasteiger partial charge in [0.1, 0.15) is 13.2 Å². The molecule has 0 rings (SSSR count). The zero-order valence-electron chi connectivity index (χ0n) is 37.4. The Bertz CT molecular complexity index is 828. The lowest BCUT2D eigenvalue weighted by Gasteiger charge is -2.18. The van der Waals surface area contributed by atoms with E-state index in [1.54, 1.807) is 0 Å². The molecule has 0 aliphatic carbocycles. The van der Waals surface area contributed by atoms with Crippen LogP contribution in [0.1, 0.15) is 272 Å². The topological polar surface area (TPSA) is 78.9 Å². The molecule has 0 bridgehead atoms. The molecule has 6 nitrogen and oxygen atoms in total. The van der Waals surface area contributed by atoms with Crippen LogP contribution in [0, 0.1) is 5.92 Å². The quantitative estimate of drug-likeness (QED) is 0.0348. The van der Waals surface area contributed by atoms with E-state index in [9.17, 15) is 14.4 Å². The van der Waals surface area contributed by atoms with E-state index in [0.717, 1.165) is 70.1 Å². The molecule has 326 valence electrons. The molecule has 0 saturated heterocycles. The third kappa shape index (κ3) is 41.9. The van der Waals surface area contributed by atoms with Crippen LogP contribution in [0.5, 0.6) is 0 Å². The minimum absolute atomic E-state index is 0.0646. The number of unbranched alkanes of at least 4 members (excludes halogenated alkanes) is 30. The van der Waals surface area contributed by atoms with Crippen molar-refractivity contribution in [3.63, 3.8) is 0 Å². The lowest BCUT2D eigenvalue weighted by molar-refractivity contribution is -0.167. The van der Waals surface area contributed by atoms with Gasteiger partial charge in [-0.3, -0.25) is 14.4 Å².